The van der Waals surface area contributed by atoms with Crippen LogP contribution in [0.15, 0.2) is 24.5 Å². The van der Waals surface area contributed by atoms with Gasteiger partial charge in [0.05, 0.1) is 0 Å². The van der Waals surface area contributed by atoms with E-state index < -0.39 is 0 Å². The monoisotopic (exact) mass is 178 g/mol. The van der Waals surface area contributed by atoms with Gasteiger partial charge in [-0.1, -0.05) is 0 Å². The van der Waals surface area contributed by atoms with Crippen LogP contribution in [0.2, 0.25) is 0 Å². The Morgan fingerprint density at radius 2 is 2.42 bits per heavy atom. The lowest BCUT2D eigenvalue weighted by molar-refractivity contribution is 0.112. The van der Waals surface area contributed by atoms with Crippen molar-refractivity contribution in [3.05, 3.63) is 30.1 Å². The topological polar surface area (TPSA) is 34.9 Å². The van der Waals surface area contributed by atoms with Crippen LogP contribution in [0, 0.1) is 0 Å². The van der Waals surface area contributed by atoms with Crippen LogP contribution in [0.1, 0.15) is 10.4 Å². The molecule has 0 aromatic carbocycles. The first kappa shape index (κ1) is 7.44. The molecular weight excluding hydrogens is 171 g/mol. The van der Waals surface area contributed by atoms with Crippen LogP contribution >= 0.6 is 9.39 Å². The lowest BCUT2D eigenvalue weighted by Gasteiger charge is -1.91. The molecule has 0 saturated carbocycles. The highest BCUT2D eigenvalue weighted by atomic mass is 31.0. The predicted octanol–water partition coefficient (Wildman–Crippen LogP) is 1.49. The van der Waals surface area contributed by atoms with E-state index in [1.54, 1.807) is 16.7 Å². The molecule has 0 aliphatic heterocycles. The van der Waals surface area contributed by atoms with Gasteiger partial charge in [0.1, 0.15) is 5.65 Å². The van der Waals surface area contributed by atoms with Crippen molar-refractivity contribution in [2.24, 2.45) is 0 Å². The molecule has 0 radical (unpaired) electrons. The van der Waals surface area contributed by atoms with Crippen molar-refractivity contribution in [1.29, 1.82) is 0 Å². The molecule has 2 aromatic heterocycles. The van der Waals surface area contributed by atoms with Crippen LogP contribution in [0.4, 0.5) is 0 Å². The summed E-state index contributed by atoms with van der Waals surface area (Å²) in [5.74, 6) is 0. The number of hydrogen-bond donors (Lipinski definition) is 0. The second-order valence-electron chi connectivity index (χ2n) is 2.48. The van der Waals surface area contributed by atoms with Gasteiger partial charge in [0.2, 0.25) is 0 Å². The third-order valence-corrected chi connectivity index (χ3v) is 2.14. The number of nitrogens with zero attached hydrogens (tertiary/aromatic N) is 2. The Hall–Kier alpha value is -1.21. The Morgan fingerprint density at radius 3 is 3.17 bits per heavy atom. The lowest BCUT2D eigenvalue weighted by Crippen LogP contribution is -1.78. The largest absolute Gasteiger partial charge is 0.316 e. The molecule has 60 valence electrons. The lowest BCUT2D eigenvalue weighted by atomic mass is 10.2. The molecule has 0 spiro atoms. The highest BCUT2D eigenvalue weighted by Crippen LogP contribution is 2.18. The molecule has 0 amide bonds. The average Bonchev–Trinajstić information content (AvgIpc) is 2.44. The van der Waals surface area contributed by atoms with Crippen molar-refractivity contribution in [3.63, 3.8) is 0 Å². The molecule has 0 N–H and O–H groups in total. The Bertz CT molecular complexity index is 436. The Balaban J connectivity index is 2.91. The summed E-state index contributed by atoms with van der Waals surface area (Å²) < 4.78 is 1.76. The summed E-state index contributed by atoms with van der Waals surface area (Å²) in [6, 6.07) is 3.70. The van der Waals surface area contributed by atoms with Gasteiger partial charge in [0.25, 0.3) is 0 Å². The van der Waals surface area contributed by atoms with E-state index >= 15 is 0 Å². The van der Waals surface area contributed by atoms with E-state index in [2.05, 4.69) is 14.4 Å². The molecule has 1 unspecified atom stereocenters. The summed E-state index contributed by atoms with van der Waals surface area (Å²) in [4.78, 5) is 14.7. The van der Waals surface area contributed by atoms with E-state index in [4.69, 9.17) is 0 Å². The fourth-order valence-electron chi connectivity index (χ4n) is 1.20. The number of hydrogen-bond acceptors (Lipinski definition) is 2. The van der Waals surface area contributed by atoms with Crippen LogP contribution in [0.25, 0.3) is 11.0 Å². The summed E-state index contributed by atoms with van der Waals surface area (Å²) in [7, 11) is 2.49. The van der Waals surface area contributed by atoms with E-state index in [0.29, 0.717) is 5.56 Å². The van der Waals surface area contributed by atoms with Crippen molar-refractivity contribution < 1.29 is 4.79 Å². The first-order valence-corrected chi connectivity index (χ1v) is 4.01. The van der Waals surface area contributed by atoms with Crippen molar-refractivity contribution in [2.45, 2.75) is 0 Å². The molecule has 3 nitrogen and oxygen atoms in total. The maximum atomic E-state index is 10.6. The quantitative estimate of drug-likeness (QED) is 0.489. The minimum Gasteiger partial charge on any atom is -0.316 e. The second kappa shape index (κ2) is 2.68. The highest BCUT2D eigenvalue weighted by Gasteiger charge is 2.04. The van der Waals surface area contributed by atoms with E-state index in [-0.39, 0.29) is 0 Å². The minimum absolute atomic E-state index is 0.674. The van der Waals surface area contributed by atoms with Crippen LogP contribution in [0.3, 0.4) is 0 Å². The van der Waals surface area contributed by atoms with Gasteiger partial charge in [0.15, 0.2) is 6.29 Å². The number of aromatic nitrogens is 2. The Kier molecular flexibility index (Phi) is 1.66. The molecule has 2 aromatic rings. The van der Waals surface area contributed by atoms with Crippen molar-refractivity contribution in [2.75, 3.05) is 0 Å². The zero-order valence-corrected chi connectivity index (χ0v) is 7.42. The number of carbonyl (C=O) groups is 1. The highest BCUT2D eigenvalue weighted by molar-refractivity contribution is 7.14. The number of aldehydes is 1. The van der Waals surface area contributed by atoms with Gasteiger partial charge in [-0.3, -0.25) is 4.79 Å². The molecule has 12 heavy (non-hydrogen) atoms. The first-order valence-electron chi connectivity index (χ1n) is 3.49. The van der Waals surface area contributed by atoms with Crippen molar-refractivity contribution in [3.8, 4) is 0 Å². The smallest absolute Gasteiger partial charge is 0.152 e. The van der Waals surface area contributed by atoms with Crippen molar-refractivity contribution >= 4 is 26.7 Å². The summed E-state index contributed by atoms with van der Waals surface area (Å²) in [5.41, 5.74) is 1.48. The Morgan fingerprint density at radius 1 is 1.58 bits per heavy atom. The number of rotatable bonds is 1. The molecule has 0 fully saturated rings. The Labute approximate surface area is 71.7 Å². The normalized spacial score (nSPS) is 10.4. The maximum Gasteiger partial charge on any atom is 0.152 e. The molecule has 0 saturated heterocycles. The summed E-state index contributed by atoms with van der Waals surface area (Å²) in [5, 5.41) is 0.891. The van der Waals surface area contributed by atoms with Gasteiger partial charge in [-0.2, -0.15) is 0 Å². The maximum absolute atomic E-state index is 10.6. The van der Waals surface area contributed by atoms with Gasteiger partial charge >= 0.3 is 0 Å². The molecule has 2 heterocycles. The number of pyridine rings is 1. The van der Waals surface area contributed by atoms with Gasteiger partial charge in [-0.25, -0.2) is 4.98 Å². The van der Waals surface area contributed by atoms with Gasteiger partial charge in [-0.05, 0) is 21.5 Å². The van der Waals surface area contributed by atoms with E-state index in [1.807, 2.05) is 12.1 Å². The zero-order valence-electron chi connectivity index (χ0n) is 6.27. The summed E-state index contributed by atoms with van der Waals surface area (Å²) in [6.45, 7) is 0. The van der Waals surface area contributed by atoms with Gasteiger partial charge in [0, 0.05) is 23.3 Å². The minimum atomic E-state index is 0.674. The van der Waals surface area contributed by atoms with Gasteiger partial charge < -0.3 is 4.34 Å². The average molecular weight is 178 g/mol. The molecule has 1 atom stereocenters. The van der Waals surface area contributed by atoms with Gasteiger partial charge in [-0.15, -0.1) is 0 Å². The van der Waals surface area contributed by atoms with Crippen LogP contribution in [-0.2, 0) is 0 Å². The molecular formula is C8H7N2OP. The second-order valence-corrected chi connectivity index (χ2v) is 3.04. The van der Waals surface area contributed by atoms with E-state index in [9.17, 15) is 4.79 Å². The third kappa shape index (κ3) is 0.942. The molecule has 0 bridgehead atoms. The molecule has 0 aliphatic rings. The van der Waals surface area contributed by atoms with Crippen LogP contribution < -0.4 is 0 Å². The molecule has 2 rings (SSSR count). The zero-order chi connectivity index (χ0) is 8.55. The van der Waals surface area contributed by atoms with E-state index in [0.717, 1.165) is 17.3 Å². The van der Waals surface area contributed by atoms with Crippen molar-refractivity contribution in [1.82, 2.24) is 9.32 Å². The fraction of sp³-hybridized carbons (Fsp3) is 0. The van der Waals surface area contributed by atoms with Crippen LogP contribution in [0.5, 0.6) is 0 Å². The number of carbonyl (C=O) groups excluding carboxylic acids is 1. The summed E-state index contributed by atoms with van der Waals surface area (Å²) >= 11 is 0. The SMILES string of the molecule is O=Cc1cn(P)c2ncccc12. The first-order chi connectivity index (χ1) is 5.83. The predicted molar refractivity (Wildman–Crippen MR) is 50.2 cm³/mol. The summed E-state index contributed by atoms with van der Waals surface area (Å²) in [6.07, 6.45) is 4.29. The van der Waals surface area contributed by atoms with Crippen LogP contribution in [-0.4, -0.2) is 15.6 Å². The number of fused-ring (bicyclic) bond motifs is 1. The molecule has 4 heteroatoms. The molecule has 0 aliphatic carbocycles. The van der Waals surface area contributed by atoms with E-state index in [1.165, 1.54) is 0 Å². The third-order valence-electron chi connectivity index (χ3n) is 1.75. The fourth-order valence-corrected chi connectivity index (χ4v) is 1.57. The standard InChI is InChI=1S/C8H7N2OP/c11-5-6-4-10(12)8-7(6)2-1-3-9-8/h1-5H,12H2.